The van der Waals surface area contributed by atoms with Crippen LogP contribution in [0.4, 0.5) is 20.2 Å². The molecule has 0 aliphatic carbocycles. The Labute approximate surface area is 156 Å². The molecule has 1 unspecified atom stereocenters. The van der Waals surface area contributed by atoms with E-state index in [2.05, 4.69) is 10.6 Å². The molecule has 4 nitrogen and oxygen atoms in total. The third-order valence-electron chi connectivity index (χ3n) is 4.29. The minimum absolute atomic E-state index is 0.0586. The van der Waals surface area contributed by atoms with Crippen LogP contribution in [0.25, 0.3) is 0 Å². The molecule has 1 fully saturated rings. The van der Waals surface area contributed by atoms with Gasteiger partial charge >= 0.3 is 0 Å². The summed E-state index contributed by atoms with van der Waals surface area (Å²) in [7, 11) is 0. The van der Waals surface area contributed by atoms with Gasteiger partial charge in [0.25, 0.3) is 0 Å². The van der Waals surface area contributed by atoms with E-state index in [1.54, 1.807) is 0 Å². The van der Waals surface area contributed by atoms with Gasteiger partial charge < -0.3 is 15.5 Å². The van der Waals surface area contributed by atoms with Crippen molar-refractivity contribution in [3.8, 4) is 0 Å². The van der Waals surface area contributed by atoms with Crippen LogP contribution in [0.1, 0.15) is 12.8 Å². The molecule has 0 radical (unpaired) electrons. The maximum Gasteiger partial charge on any atom is 0.229 e. The van der Waals surface area contributed by atoms with E-state index in [0.29, 0.717) is 18.2 Å². The highest BCUT2D eigenvalue weighted by Crippen LogP contribution is 2.21. The molecule has 0 saturated carbocycles. The van der Waals surface area contributed by atoms with Crippen molar-refractivity contribution in [1.29, 1.82) is 0 Å². The number of amides is 1. The van der Waals surface area contributed by atoms with Crippen LogP contribution in [0.5, 0.6) is 0 Å². The molecule has 2 aromatic carbocycles. The number of hydrogen-bond donors (Lipinski definition) is 2. The Hall–Kier alpha value is -2.54. The summed E-state index contributed by atoms with van der Waals surface area (Å²) in [4.78, 5) is 14.3. The lowest BCUT2D eigenvalue weighted by Crippen LogP contribution is -2.45. The van der Waals surface area contributed by atoms with E-state index < -0.39 is 11.6 Å². The fourth-order valence-electron chi connectivity index (χ4n) is 2.93. The molecule has 1 aliphatic rings. The number of hydrogen-bond acceptors (Lipinski definition) is 2. The lowest BCUT2D eigenvalue weighted by molar-refractivity contribution is -0.121. The summed E-state index contributed by atoms with van der Waals surface area (Å²) >= 11 is 5.34. The van der Waals surface area contributed by atoms with Crippen molar-refractivity contribution >= 4 is 34.6 Å². The molecule has 1 heterocycles. The fourth-order valence-corrected chi connectivity index (χ4v) is 3.20. The molecule has 3 rings (SSSR count). The van der Waals surface area contributed by atoms with Crippen molar-refractivity contribution < 1.29 is 13.6 Å². The Morgan fingerprint density at radius 2 is 1.88 bits per heavy atom. The average molecular weight is 375 g/mol. The van der Waals surface area contributed by atoms with Gasteiger partial charge in [-0.3, -0.25) is 4.79 Å². The van der Waals surface area contributed by atoms with Gasteiger partial charge in [0.1, 0.15) is 11.6 Å². The molecular weight excluding hydrogens is 356 g/mol. The lowest BCUT2D eigenvalue weighted by atomic mass is 9.97. The number of rotatable bonds is 3. The fraction of sp³-hybridized carbons (Fsp3) is 0.263. The smallest absolute Gasteiger partial charge is 0.229 e. The third-order valence-corrected chi connectivity index (χ3v) is 4.65. The molecule has 0 spiro atoms. The number of nitrogens with one attached hydrogen (secondary N) is 2. The average Bonchev–Trinajstić information content (AvgIpc) is 2.65. The van der Waals surface area contributed by atoms with Crippen molar-refractivity contribution in [1.82, 2.24) is 4.90 Å². The van der Waals surface area contributed by atoms with Crippen LogP contribution in [-0.2, 0) is 4.79 Å². The molecule has 0 aromatic heterocycles. The minimum atomic E-state index is -0.706. The molecule has 1 amide bonds. The van der Waals surface area contributed by atoms with E-state index in [4.69, 9.17) is 12.2 Å². The van der Waals surface area contributed by atoms with E-state index >= 15 is 0 Å². The summed E-state index contributed by atoms with van der Waals surface area (Å²) in [5, 5.41) is 6.03. The van der Waals surface area contributed by atoms with Crippen LogP contribution in [0.3, 0.4) is 0 Å². The van der Waals surface area contributed by atoms with Crippen molar-refractivity contribution in [2.75, 3.05) is 23.7 Å². The summed E-state index contributed by atoms with van der Waals surface area (Å²) in [6.07, 6.45) is 1.57. The SMILES string of the molecule is O=C(Nc1ccccc1)C1CCCN(C(=S)Nc2ccc(F)cc2F)C1. The van der Waals surface area contributed by atoms with Gasteiger partial charge in [-0.05, 0) is 49.3 Å². The van der Waals surface area contributed by atoms with Gasteiger partial charge in [-0.1, -0.05) is 18.2 Å². The van der Waals surface area contributed by atoms with Crippen LogP contribution in [-0.4, -0.2) is 29.0 Å². The molecule has 1 saturated heterocycles. The Kier molecular flexibility index (Phi) is 5.78. The van der Waals surface area contributed by atoms with Crippen molar-refractivity contribution in [3.05, 3.63) is 60.2 Å². The normalized spacial score (nSPS) is 16.8. The maximum absolute atomic E-state index is 13.8. The summed E-state index contributed by atoms with van der Waals surface area (Å²) in [6, 6.07) is 12.6. The second-order valence-electron chi connectivity index (χ2n) is 6.19. The molecule has 1 aliphatic heterocycles. The molecule has 7 heteroatoms. The van der Waals surface area contributed by atoms with Crippen LogP contribution in [0.15, 0.2) is 48.5 Å². The van der Waals surface area contributed by atoms with Gasteiger partial charge in [-0.15, -0.1) is 0 Å². The molecular formula is C19H19F2N3OS. The highest BCUT2D eigenvalue weighted by molar-refractivity contribution is 7.80. The van der Waals surface area contributed by atoms with Crippen molar-refractivity contribution in [2.24, 2.45) is 5.92 Å². The maximum atomic E-state index is 13.8. The number of para-hydroxylation sites is 1. The quantitative estimate of drug-likeness (QED) is 0.796. The lowest BCUT2D eigenvalue weighted by Gasteiger charge is -2.34. The zero-order valence-corrected chi connectivity index (χ0v) is 14.9. The van der Waals surface area contributed by atoms with Gasteiger partial charge in [0.2, 0.25) is 5.91 Å². The number of benzene rings is 2. The first-order valence-corrected chi connectivity index (χ1v) is 8.80. The Bertz CT molecular complexity index is 801. The van der Waals surface area contributed by atoms with Gasteiger partial charge in [0.15, 0.2) is 5.11 Å². The van der Waals surface area contributed by atoms with Crippen molar-refractivity contribution in [3.63, 3.8) is 0 Å². The first kappa shape index (κ1) is 18.3. The van der Waals surface area contributed by atoms with E-state index in [1.165, 1.54) is 12.1 Å². The standard InChI is InChI=1S/C19H19F2N3OS/c20-14-8-9-17(16(21)11-14)23-19(26)24-10-4-5-13(12-24)18(25)22-15-6-2-1-3-7-15/h1-3,6-9,11,13H,4-5,10,12H2,(H,22,25)(H,23,26). The number of carbonyl (C=O) groups excluding carboxylic acids is 1. The second-order valence-corrected chi connectivity index (χ2v) is 6.58. The van der Waals surface area contributed by atoms with Crippen LogP contribution in [0, 0.1) is 17.6 Å². The molecule has 2 aromatic rings. The number of nitrogens with zero attached hydrogens (tertiary/aromatic N) is 1. The number of thiocarbonyl (C=S) groups is 1. The van der Waals surface area contributed by atoms with Crippen LogP contribution in [0.2, 0.25) is 0 Å². The van der Waals surface area contributed by atoms with Crippen LogP contribution >= 0.6 is 12.2 Å². The van der Waals surface area contributed by atoms with Gasteiger partial charge in [0.05, 0.1) is 11.6 Å². The van der Waals surface area contributed by atoms with Gasteiger partial charge in [-0.2, -0.15) is 0 Å². The Morgan fingerprint density at radius 1 is 1.12 bits per heavy atom. The molecule has 136 valence electrons. The van der Waals surface area contributed by atoms with E-state index in [1.807, 2.05) is 35.2 Å². The first-order valence-electron chi connectivity index (χ1n) is 8.40. The predicted molar refractivity (Wildman–Crippen MR) is 102 cm³/mol. The number of likely N-dealkylation sites (tertiary alicyclic amines) is 1. The number of anilines is 2. The number of halogens is 2. The van der Waals surface area contributed by atoms with E-state index in [0.717, 1.165) is 24.6 Å². The minimum Gasteiger partial charge on any atom is -0.348 e. The summed E-state index contributed by atoms with van der Waals surface area (Å²) in [5.41, 5.74) is 0.871. The Balaban J connectivity index is 1.60. The highest BCUT2D eigenvalue weighted by atomic mass is 32.1. The highest BCUT2D eigenvalue weighted by Gasteiger charge is 2.27. The third kappa shape index (κ3) is 4.54. The number of carbonyl (C=O) groups is 1. The summed E-state index contributed by atoms with van der Waals surface area (Å²) in [5.74, 6) is -1.62. The Morgan fingerprint density at radius 3 is 2.62 bits per heavy atom. The molecule has 2 N–H and O–H groups in total. The topological polar surface area (TPSA) is 44.4 Å². The van der Waals surface area contributed by atoms with Crippen molar-refractivity contribution in [2.45, 2.75) is 12.8 Å². The second kappa shape index (κ2) is 8.23. The molecule has 0 bridgehead atoms. The largest absolute Gasteiger partial charge is 0.348 e. The van der Waals surface area contributed by atoms with Crippen LogP contribution < -0.4 is 10.6 Å². The number of piperidine rings is 1. The zero-order chi connectivity index (χ0) is 18.5. The predicted octanol–water partition coefficient (Wildman–Crippen LogP) is 4.01. The van der Waals surface area contributed by atoms with Gasteiger partial charge in [-0.25, -0.2) is 8.78 Å². The summed E-state index contributed by atoms with van der Waals surface area (Å²) < 4.78 is 26.8. The zero-order valence-electron chi connectivity index (χ0n) is 14.0. The molecule has 1 atom stereocenters. The molecule has 26 heavy (non-hydrogen) atoms. The van der Waals surface area contributed by atoms with Gasteiger partial charge in [0, 0.05) is 24.8 Å². The first-order chi connectivity index (χ1) is 12.5. The summed E-state index contributed by atoms with van der Waals surface area (Å²) in [6.45, 7) is 1.14. The van der Waals surface area contributed by atoms with E-state index in [9.17, 15) is 13.6 Å². The van der Waals surface area contributed by atoms with E-state index in [-0.39, 0.29) is 17.5 Å². The monoisotopic (exact) mass is 375 g/mol.